The molecule has 5 heterocycles. The van der Waals surface area contributed by atoms with Gasteiger partial charge in [-0.05, 0) is 44.4 Å². The summed E-state index contributed by atoms with van der Waals surface area (Å²) in [5, 5.41) is 0. The number of nitrogens with zero attached hydrogens (tertiary/aromatic N) is 6. The van der Waals surface area contributed by atoms with Crippen LogP contribution < -0.4 is 0 Å². The van der Waals surface area contributed by atoms with Crippen molar-refractivity contribution in [1.82, 2.24) is 29.0 Å². The van der Waals surface area contributed by atoms with Crippen molar-refractivity contribution in [2.24, 2.45) is 0 Å². The van der Waals surface area contributed by atoms with Gasteiger partial charge in [-0.15, -0.1) is 0 Å². The van der Waals surface area contributed by atoms with Crippen LogP contribution in [0.5, 0.6) is 0 Å². The standard InChI is InChI=1S/C26H38N6O/c33-26(31-17-15-30(16-18-31)21-7-2-1-3-8-21)25-23(32-12-5-4-10-24(32)27-25)20-28-13-14-29-11-6-9-22(29)19-28/h4-5,10,12,21-22H,1-3,6-9,11,13-20H2/t22-/m1/s1. The summed E-state index contributed by atoms with van der Waals surface area (Å²) in [6.07, 6.45) is 11.5. The third kappa shape index (κ3) is 4.31. The molecule has 3 aliphatic heterocycles. The summed E-state index contributed by atoms with van der Waals surface area (Å²) in [7, 11) is 0. The number of piperazine rings is 2. The molecule has 1 amide bonds. The molecule has 1 saturated carbocycles. The number of aromatic nitrogens is 2. The molecule has 0 bridgehead atoms. The molecule has 2 aromatic heterocycles. The first-order valence-electron chi connectivity index (χ1n) is 13.2. The molecule has 0 spiro atoms. The second-order valence-corrected chi connectivity index (χ2v) is 10.5. The maximum atomic E-state index is 13.7. The number of fused-ring (bicyclic) bond motifs is 2. The van der Waals surface area contributed by atoms with Crippen molar-refractivity contribution in [3.63, 3.8) is 0 Å². The van der Waals surface area contributed by atoms with Gasteiger partial charge in [0.1, 0.15) is 5.65 Å². The van der Waals surface area contributed by atoms with Gasteiger partial charge in [-0.3, -0.25) is 19.5 Å². The van der Waals surface area contributed by atoms with E-state index in [-0.39, 0.29) is 5.91 Å². The van der Waals surface area contributed by atoms with Crippen LogP contribution in [-0.4, -0.2) is 99.3 Å². The number of rotatable bonds is 4. The van der Waals surface area contributed by atoms with E-state index in [0.717, 1.165) is 69.7 Å². The van der Waals surface area contributed by atoms with Crippen molar-refractivity contribution in [1.29, 1.82) is 0 Å². The normalized spacial score (nSPS) is 26.2. The van der Waals surface area contributed by atoms with Gasteiger partial charge in [-0.25, -0.2) is 4.98 Å². The minimum Gasteiger partial charge on any atom is -0.335 e. The van der Waals surface area contributed by atoms with Crippen LogP contribution in [0, 0.1) is 0 Å². The zero-order chi connectivity index (χ0) is 22.2. The van der Waals surface area contributed by atoms with Crippen LogP contribution >= 0.6 is 0 Å². The van der Waals surface area contributed by atoms with Gasteiger partial charge in [0.15, 0.2) is 5.69 Å². The molecule has 7 nitrogen and oxygen atoms in total. The molecule has 0 N–H and O–H groups in total. The number of hydrogen-bond donors (Lipinski definition) is 0. The minimum absolute atomic E-state index is 0.122. The predicted octanol–water partition coefficient (Wildman–Crippen LogP) is 2.70. The lowest BCUT2D eigenvalue weighted by Crippen LogP contribution is -2.52. The number of carbonyl (C=O) groups excluding carboxylic acids is 1. The molecule has 1 atom stereocenters. The van der Waals surface area contributed by atoms with Crippen molar-refractivity contribution in [3.05, 3.63) is 35.8 Å². The zero-order valence-electron chi connectivity index (χ0n) is 19.9. The topological polar surface area (TPSA) is 47.3 Å². The second kappa shape index (κ2) is 9.35. The van der Waals surface area contributed by atoms with Crippen LogP contribution in [0.1, 0.15) is 61.1 Å². The fourth-order valence-electron chi connectivity index (χ4n) is 6.67. The van der Waals surface area contributed by atoms with E-state index in [1.165, 1.54) is 51.5 Å². The van der Waals surface area contributed by atoms with E-state index in [1.54, 1.807) is 0 Å². The fourth-order valence-corrected chi connectivity index (χ4v) is 6.67. The Bertz CT molecular complexity index is 974. The Morgan fingerprint density at radius 1 is 0.848 bits per heavy atom. The van der Waals surface area contributed by atoms with E-state index in [4.69, 9.17) is 4.98 Å². The number of hydrogen-bond acceptors (Lipinski definition) is 5. The maximum absolute atomic E-state index is 13.7. The molecule has 33 heavy (non-hydrogen) atoms. The van der Waals surface area contributed by atoms with E-state index in [1.807, 2.05) is 18.2 Å². The highest BCUT2D eigenvalue weighted by atomic mass is 16.2. The molecule has 1 aliphatic carbocycles. The Kier molecular flexibility index (Phi) is 6.11. The molecule has 0 unspecified atom stereocenters. The van der Waals surface area contributed by atoms with Gasteiger partial charge in [-0.1, -0.05) is 25.3 Å². The molecule has 6 rings (SSSR count). The summed E-state index contributed by atoms with van der Waals surface area (Å²) in [6, 6.07) is 7.50. The van der Waals surface area contributed by atoms with Crippen molar-refractivity contribution in [3.8, 4) is 0 Å². The highest BCUT2D eigenvalue weighted by molar-refractivity contribution is 5.94. The average Bonchev–Trinajstić information content (AvgIpc) is 3.49. The first-order valence-corrected chi connectivity index (χ1v) is 13.2. The molecular formula is C26H38N6O. The summed E-state index contributed by atoms with van der Waals surface area (Å²) in [4.78, 5) is 28.4. The molecule has 0 radical (unpaired) electrons. The van der Waals surface area contributed by atoms with E-state index in [0.29, 0.717) is 11.7 Å². The second-order valence-electron chi connectivity index (χ2n) is 10.5. The van der Waals surface area contributed by atoms with Crippen LogP contribution in [0.3, 0.4) is 0 Å². The third-order valence-electron chi connectivity index (χ3n) is 8.57. The molecule has 4 aliphatic rings. The fraction of sp³-hybridized carbons (Fsp3) is 0.692. The summed E-state index contributed by atoms with van der Waals surface area (Å²) >= 11 is 0. The molecule has 7 heteroatoms. The van der Waals surface area contributed by atoms with Gasteiger partial charge in [0.05, 0.1) is 5.69 Å². The Balaban J connectivity index is 1.18. The smallest absolute Gasteiger partial charge is 0.274 e. The molecular weight excluding hydrogens is 412 g/mol. The van der Waals surface area contributed by atoms with Gasteiger partial charge < -0.3 is 9.30 Å². The Morgan fingerprint density at radius 2 is 1.61 bits per heavy atom. The van der Waals surface area contributed by atoms with E-state index < -0.39 is 0 Å². The SMILES string of the molecule is O=C(c1nc2ccccn2c1CN1CCN2CCC[C@@H]2C1)N1CCN(C2CCCCC2)CC1. The Labute approximate surface area is 197 Å². The van der Waals surface area contributed by atoms with E-state index >= 15 is 0 Å². The molecule has 3 saturated heterocycles. The van der Waals surface area contributed by atoms with Gasteiger partial charge in [0.25, 0.3) is 5.91 Å². The number of carbonyl (C=O) groups is 1. The number of imidazole rings is 1. The van der Waals surface area contributed by atoms with Crippen LogP contribution in [0.25, 0.3) is 5.65 Å². The number of pyridine rings is 1. The van der Waals surface area contributed by atoms with Crippen molar-refractivity contribution in [2.75, 3.05) is 52.4 Å². The van der Waals surface area contributed by atoms with Gasteiger partial charge in [0, 0.05) is 70.6 Å². The molecule has 178 valence electrons. The lowest BCUT2D eigenvalue weighted by atomic mass is 9.94. The monoisotopic (exact) mass is 450 g/mol. The zero-order valence-corrected chi connectivity index (χ0v) is 19.9. The average molecular weight is 451 g/mol. The first-order chi connectivity index (χ1) is 16.3. The van der Waals surface area contributed by atoms with Crippen LogP contribution in [0.4, 0.5) is 0 Å². The van der Waals surface area contributed by atoms with Gasteiger partial charge in [-0.2, -0.15) is 0 Å². The predicted molar refractivity (Wildman–Crippen MR) is 129 cm³/mol. The molecule has 2 aromatic rings. The lowest BCUT2D eigenvalue weighted by Gasteiger charge is -2.40. The lowest BCUT2D eigenvalue weighted by molar-refractivity contribution is 0.0515. The summed E-state index contributed by atoms with van der Waals surface area (Å²) in [5.74, 6) is 0.122. The quantitative estimate of drug-likeness (QED) is 0.717. The van der Waals surface area contributed by atoms with Crippen LogP contribution in [-0.2, 0) is 6.54 Å². The van der Waals surface area contributed by atoms with E-state index in [2.05, 4.69) is 30.2 Å². The maximum Gasteiger partial charge on any atom is 0.274 e. The van der Waals surface area contributed by atoms with E-state index in [9.17, 15) is 4.79 Å². The van der Waals surface area contributed by atoms with Crippen molar-refractivity contribution >= 4 is 11.6 Å². The third-order valence-corrected chi connectivity index (χ3v) is 8.57. The van der Waals surface area contributed by atoms with Crippen LogP contribution in [0.15, 0.2) is 24.4 Å². The Hall–Kier alpha value is -1.96. The van der Waals surface area contributed by atoms with Crippen molar-refractivity contribution < 1.29 is 4.79 Å². The summed E-state index contributed by atoms with van der Waals surface area (Å²) in [5.41, 5.74) is 2.62. The van der Waals surface area contributed by atoms with Crippen LogP contribution in [0.2, 0.25) is 0 Å². The van der Waals surface area contributed by atoms with Crippen molar-refractivity contribution in [2.45, 2.75) is 63.6 Å². The highest BCUT2D eigenvalue weighted by Crippen LogP contribution is 2.26. The van der Waals surface area contributed by atoms with Gasteiger partial charge in [0.2, 0.25) is 0 Å². The largest absolute Gasteiger partial charge is 0.335 e. The highest BCUT2D eigenvalue weighted by Gasteiger charge is 2.33. The summed E-state index contributed by atoms with van der Waals surface area (Å²) < 4.78 is 2.15. The molecule has 0 aromatic carbocycles. The Morgan fingerprint density at radius 3 is 2.45 bits per heavy atom. The number of amides is 1. The summed E-state index contributed by atoms with van der Waals surface area (Å²) in [6.45, 7) is 9.04. The first kappa shape index (κ1) is 21.6. The minimum atomic E-state index is 0.122. The van der Waals surface area contributed by atoms with Gasteiger partial charge >= 0.3 is 0 Å². The molecule has 4 fully saturated rings.